The molecule has 6 nitrogen and oxygen atoms in total. The lowest BCUT2D eigenvalue weighted by atomic mass is 10.1. The largest absolute Gasteiger partial charge is 0.467 e. The van der Waals surface area contributed by atoms with E-state index in [-0.39, 0.29) is 5.56 Å². The van der Waals surface area contributed by atoms with E-state index >= 15 is 0 Å². The fraction of sp³-hybridized carbons (Fsp3) is 0.429. The molecule has 0 spiro atoms. The lowest BCUT2D eigenvalue weighted by Crippen LogP contribution is -2.35. The lowest BCUT2D eigenvalue weighted by molar-refractivity contribution is -0.159. The van der Waals surface area contributed by atoms with Gasteiger partial charge in [-0.25, -0.2) is 14.0 Å². The average molecular weight is 299 g/mol. The molecule has 1 atom stereocenters. The molecule has 0 saturated carbocycles. The van der Waals surface area contributed by atoms with E-state index in [2.05, 4.69) is 4.74 Å². The third-order valence-electron chi connectivity index (χ3n) is 2.26. The molecule has 0 heterocycles. The minimum absolute atomic E-state index is 0.0552. The Kier molecular flexibility index (Phi) is 5.66. The topological polar surface area (TPSA) is 73.9 Å². The molecule has 0 aromatic heterocycles. The molecule has 1 rings (SSSR count). The Labute approximate surface area is 122 Å². The van der Waals surface area contributed by atoms with Crippen molar-refractivity contribution in [3.8, 4) is 0 Å². The molecule has 0 aliphatic heterocycles. The van der Waals surface area contributed by atoms with Crippen molar-refractivity contribution in [3.63, 3.8) is 0 Å². The van der Waals surface area contributed by atoms with Gasteiger partial charge >= 0.3 is 12.1 Å². The number of amides is 1. The second-order valence-electron chi connectivity index (χ2n) is 5.15. The Bertz CT molecular complexity index is 512. The van der Waals surface area contributed by atoms with E-state index in [1.807, 2.05) is 5.48 Å². The van der Waals surface area contributed by atoms with Crippen LogP contribution in [0.15, 0.2) is 24.3 Å². The summed E-state index contributed by atoms with van der Waals surface area (Å²) in [6, 6.07) is 5.52. The zero-order valence-electron chi connectivity index (χ0n) is 12.3. The summed E-state index contributed by atoms with van der Waals surface area (Å²) in [6.07, 6.45) is -2.32. The second-order valence-corrected chi connectivity index (χ2v) is 5.15. The maximum absolute atomic E-state index is 13.7. The molecule has 1 unspecified atom stereocenters. The van der Waals surface area contributed by atoms with Gasteiger partial charge in [-0.05, 0) is 26.8 Å². The molecule has 1 aromatic rings. The van der Waals surface area contributed by atoms with Gasteiger partial charge in [0.05, 0.1) is 7.11 Å². The summed E-state index contributed by atoms with van der Waals surface area (Å²) >= 11 is 0. The number of nitrogens with one attached hydrogen (secondary N) is 1. The van der Waals surface area contributed by atoms with Gasteiger partial charge in [0.15, 0.2) is 0 Å². The molecule has 1 aromatic carbocycles. The molecular weight excluding hydrogens is 281 g/mol. The highest BCUT2D eigenvalue weighted by atomic mass is 19.1. The first-order valence-corrected chi connectivity index (χ1v) is 6.21. The number of carbonyl (C=O) groups excluding carboxylic acids is 2. The summed E-state index contributed by atoms with van der Waals surface area (Å²) in [4.78, 5) is 28.1. The number of hydrogen-bond acceptors (Lipinski definition) is 5. The Morgan fingerprint density at radius 1 is 1.24 bits per heavy atom. The standard InChI is InChI=1S/C14H18FNO5/c1-14(2,3)20-13(18)16-21-11(12(17)19-4)9-7-5-6-8-10(9)15/h5-8,11H,1-4H3,(H,16,18). The van der Waals surface area contributed by atoms with Crippen molar-refractivity contribution in [2.75, 3.05) is 7.11 Å². The van der Waals surface area contributed by atoms with E-state index in [4.69, 9.17) is 9.57 Å². The van der Waals surface area contributed by atoms with Crippen LogP contribution in [-0.2, 0) is 19.1 Å². The molecule has 0 bridgehead atoms. The molecule has 0 aliphatic rings. The molecule has 0 saturated heterocycles. The molecule has 1 amide bonds. The van der Waals surface area contributed by atoms with E-state index in [0.29, 0.717) is 0 Å². The first kappa shape index (κ1) is 16.9. The van der Waals surface area contributed by atoms with Crippen LogP contribution in [0.4, 0.5) is 9.18 Å². The summed E-state index contributed by atoms with van der Waals surface area (Å²) in [7, 11) is 1.13. The van der Waals surface area contributed by atoms with Crippen molar-refractivity contribution in [2.45, 2.75) is 32.5 Å². The van der Waals surface area contributed by atoms with E-state index in [0.717, 1.165) is 7.11 Å². The Morgan fingerprint density at radius 2 is 1.86 bits per heavy atom. The van der Waals surface area contributed by atoms with Crippen LogP contribution in [0.25, 0.3) is 0 Å². The number of rotatable bonds is 4. The summed E-state index contributed by atoms with van der Waals surface area (Å²) in [5, 5.41) is 0. The number of carbonyl (C=O) groups is 2. The van der Waals surface area contributed by atoms with Crippen LogP contribution in [0, 0.1) is 5.82 Å². The average Bonchev–Trinajstić information content (AvgIpc) is 2.38. The summed E-state index contributed by atoms with van der Waals surface area (Å²) < 4.78 is 23.2. The number of hydroxylamine groups is 1. The van der Waals surface area contributed by atoms with Crippen LogP contribution in [0.2, 0.25) is 0 Å². The first-order chi connectivity index (χ1) is 9.74. The number of halogens is 1. The zero-order chi connectivity index (χ0) is 16.0. The predicted octanol–water partition coefficient (Wildman–Crippen LogP) is 2.50. The zero-order valence-corrected chi connectivity index (χ0v) is 12.3. The molecular formula is C14H18FNO5. The molecule has 0 aliphatic carbocycles. The highest BCUT2D eigenvalue weighted by molar-refractivity contribution is 5.77. The van der Waals surface area contributed by atoms with Crippen LogP contribution in [0.3, 0.4) is 0 Å². The highest BCUT2D eigenvalue weighted by Gasteiger charge is 2.27. The fourth-order valence-corrected chi connectivity index (χ4v) is 1.44. The first-order valence-electron chi connectivity index (χ1n) is 6.21. The highest BCUT2D eigenvalue weighted by Crippen LogP contribution is 2.21. The van der Waals surface area contributed by atoms with Crippen LogP contribution >= 0.6 is 0 Å². The van der Waals surface area contributed by atoms with E-state index in [1.54, 1.807) is 20.8 Å². The number of hydrogen-bond donors (Lipinski definition) is 1. The van der Waals surface area contributed by atoms with Gasteiger partial charge in [-0.2, -0.15) is 5.48 Å². The Balaban J connectivity index is 2.80. The Hall–Kier alpha value is -2.15. The van der Waals surface area contributed by atoms with Gasteiger partial charge in [-0.15, -0.1) is 0 Å². The van der Waals surface area contributed by atoms with Crippen LogP contribution in [0.5, 0.6) is 0 Å². The number of esters is 1. The SMILES string of the molecule is COC(=O)C(ONC(=O)OC(C)(C)C)c1ccccc1F. The monoisotopic (exact) mass is 299 g/mol. The fourth-order valence-electron chi connectivity index (χ4n) is 1.44. The van der Waals surface area contributed by atoms with Gasteiger partial charge in [-0.1, -0.05) is 18.2 Å². The minimum atomic E-state index is -1.43. The number of methoxy groups -OCH3 is 1. The molecule has 0 radical (unpaired) electrons. The normalized spacial score (nSPS) is 12.4. The maximum Gasteiger partial charge on any atom is 0.431 e. The van der Waals surface area contributed by atoms with Crippen molar-refractivity contribution in [3.05, 3.63) is 35.6 Å². The van der Waals surface area contributed by atoms with Gasteiger partial charge in [0.2, 0.25) is 6.10 Å². The third kappa shape index (κ3) is 5.39. The lowest BCUT2D eigenvalue weighted by Gasteiger charge is -2.21. The quantitative estimate of drug-likeness (QED) is 0.683. The molecule has 0 fully saturated rings. The van der Waals surface area contributed by atoms with Crippen LogP contribution < -0.4 is 5.48 Å². The maximum atomic E-state index is 13.7. The molecule has 7 heteroatoms. The molecule has 116 valence electrons. The predicted molar refractivity (Wildman–Crippen MR) is 71.6 cm³/mol. The van der Waals surface area contributed by atoms with Crippen LogP contribution in [-0.4, -0.2) is 24.8 Å². The second kappa shape index (κ2) is 7.03. The van der Waals surface area contributed by atoms with Gasteiger partial charge in [0.25, 0.3) is 0 Å². The van der Waals surface area contributed by atoms with Gasteiger partial charge in [-0.3, -0.25) is 4.84 Å². The smallest absolute Gasteiger partial charge is 0.431 e. The van der Waals surface area contributed by atoms with Crippen molar-refractivity contribution in [1.82, 2.24) is 5.48 Å². The van der Waals surface area contributed by atoms with Gasteiger partial charge < -0.3 is 9.47 Å². The van der Waals surface area contributed by atoms with Gasteiger partial charge in [0.1, 0.15) is 11.4 Å². The minimum Gasteiger partial charge on any atom is -0.467 e. The van der Waals surface area contributed by atoms with Gasteiger partial charge in [0, 0.05) is 5.56 Å². The third-order valence-corrected chi connectivity index (χ3v) is 2.26. The number of benzene rings is 1. The van der Waals surface area contributed by atoms with Crippen molar-refractivity contribution in [1.29, 1.82) is 0 Å². The van der Waals surface area contributed by atoms with Crippen molar-refractivity contribution < 1.29 is 28.3 Å². The van der Waals surface area contributed by atoms with Crippen molar-refractivity contribution >= 4 is 12.1 Å². The molecule has 21 heavy (non-hydrogen) atoms. The van der Waals surface area contributed by atoms with E-state index in [9.17, 15) is 14.0 Å². The van der Waals surface area contributed by atoms with Crippen LogP contribution in [0.1, 0.15) is 32.4 Å². The summed E-state index contributed by atoms with van der Waals surface area (Å²) in [6.45, 7) is 5.00. The van der Waals surface area contributed by atoms with E-state index in [1.165, 1.54) is 24.3 Å². The number of ether oxygens (including phenoxy) is 2. The Morgan fingerprint density at radius 3 is 2.38 bits per heavy atom. The van der Waals surface area contributed by atoms with Crippen molar-refractivity contribution in [2.24, 2.45) is 0 Å². The molecule has 1 N–H and O–H groups in total. The summed E-state index contributed by atoms with van der Waals surface area (Å²) in [5.41, 5.74) is 1.17. The summed E-state index contributed by atoms with van der Waals surface area (Å²) in [5.74, 6) is -1.50. The van der Waals surface area contributed by atoms with E-state index < -0.39 is 29.6 Å².